The van der Waals surface area contributed by atoms with Crippen LogP contribution in [0.3, 0.4) is 0 Å². The highest BCUT2D eigenvalue weighted by Gasteiger charge is 2.23. The fourth-order valence-electron chi connectivity index (χ4n) is 3.33. The van der Waals surface area contributed by atoms with Gasteiger partial charge in [-0.25, -0.2) is 9.18 Å². The monoisotopic (exact) mass is 411 g/mol. The van der Waals surface area contributed by atoms with Gasteiger partial charge < -0.3 is 14.4 Å². The van der Waals surface area contributed by atoms with E-state index >= 15 is 0 Å². The van der Waals surface area contributed by atoms with Crippen LogP contribution in [0, 0.1) is 5.82 Å². The van der Waals surface area contributed by atoms with Crippen molar-refractivity contribution in [3.63, 3.8) is 0 Å². The Hall–Kier alpha value is -2.70. The molecule has 0 radical (unpaired) electrons. The number of ether oxygens (including phenoxy) is 2. The summed E-state index contributed by atoms with van der Waals surface area (Å²) in [4.78, 5) is 15.7. The van der Waals surface area contributed by atoms with Crippen molar-refractivity contribution in [1.29, 1.82) is 0 Å². The molecule has 1 atom stereocenters. The van der Waals surface area contributed by atoms with Gasteiger partial charge in [-0.15, -0.1) is 11.3 Å². The van der Waals surface area contributed by atoms with Crippen LogP contribution in [0.2, 0.25) is 0 Å². The lowest BCUT2D eigenvalue weighted by atomic mass is 10.1. The molecule has 6 heteroatoms. The number of rotatable bonds is 5. The van der Waals surface area contributed by atoms with Crippen molar-refractivity contribution < 1.29 is 18.7 Å². The van der Waals surface area contributed by atoms with Crippen molar-refractivity contribution in [1.82, 2.24) is 0 Å². The van der Waals surface area contributed by atoms with E-state index in [0.717, 1.165) is 34.8 Å². The molecule has 1 aliphatic heterocycles. The Kier molecular flexibility index (Phi) is 5.92. The van der Waals surface area contributed by atoms with Gasteiger partial charge in [0.05, 0.1) is 18.2 Å². The second-order valence-electron chi connectivity index (χ2n) is 6.89. The fourth-order valence-corrected chi connectivity index (χ4v) is 4.44. The number of halogens is 1. The van der Waals surface area contributed by atoms with Gasteiger partial charge in [-0.05, 0) is 36.2 Å². The number of hydrogen-bond acceptors (Lipinski definition) is 5. The molecule has 1 aromatic heterocycles. The van der Waals surface area contributed by atoms with Crippen molar-refractivity contribution in [3.05, 3.63) is 76.9 Å². The summed E-state index contributed by atoms with van der Waals surface area (Å²) in [5, 5.41) is 1.06. The van der Waals surface area contributed by atoms with Gasteiger partial charge in [0, 0.05) is 18.7 Å². The highest BCUT2D eigenvalue weighted by atomic mass is 32.1. The van der Waals surface area contributed by atoms with Gasteiger partial charge in [0.15, 0.2) is 0 Å². The fraction of sp³-hybridized carbons (Fsp3) is 0.261. The molecular formula is C23H22FNO3S. The minimum atomic E-state index is -0.461. The summed E-state index contributed by atoms with van der Waals surface area (Å²) in [5.74, 6) is -0.684. The van der Waals surface area contributed by atoms with Crippen molar-refractivity contribution in [2.45, 2.75) is 13.0 Å². The minimum absolute atomic E-state index is 0.312. The van der Waals surface area contributed by atoms with Gasteiger partial charge in [0.1, 0.15) is 16.8 Å². The third-order valence-electron chi connectivity index (χ3n) is 4.92. The number of carbonyl (C=O) groups is 1. The Labute approximate surface area is 173 Å². The van der Waals surface area contributed by atoms with Crippen molar-refractivity contribution in [3.8, 4) is 11.1 Å². The first kappa shape index (κ1) is 19.6. The Bertz CT molecular complexity index is 966. The topological polar surface area (TPSA) is 38.8 Å². The van der Waals surface area contributed by atoms with Crippen LogP contribution in [0.4, 0.5) is 9.39 Å². The van der Waals surface area contributed by atoms with Crippen molar-refractivity contribution >= 4 is 22.3 Å². The van der Waals surface area contributed by atoms with Crippen LogP contribution in [0.1, 0.15) is 28.3 Å². The standard InChI is InChI=1S/C23H22FNO3S/c1-16(17-7-9-19(24)10-8-17)28-23(26)21-15-20(18-5-3-2-4-6-18)22(29-21)25-11-13-27-14-12-25/h2-10,15-16H,11-14H2,1H3/t16-/m1/s1. The molecule has 3 aromatic rings. The lowest BCUT2D eigenvalue weighted by Crippen LogP contribution is -2.35. The molecule has 1 aliphatic rings. The Balaban J connectivity index is 1.60. The molecule has 150 valence electrons. The molecule has 0 amide bonds. The predicted octanol–water partition coefficient (Wildman–Crippen LogP) is 5.31. The maximum Gasteiger partial charge on any atom is 0.349 e. The van der Waals surface area contributed by atoms with Crippen LogP contribution in [0.15, 0.2) is 60.7 Å². The molecule has 1 saturated heterocycles. The van der Waals surface area contributed by atoms with E-state index in [1.807, 2.05) is 36.4 Å². The molecule has 2 heterocycles. The molecule has 1 fully saturated rings. The molecule has 29 heavy (non-hydrogen) atoms. The number of hydrogen-bond donors (Lipinski definition) is 0. The molecule has 4 rings (SSSR count). The first-order valence-electron chi connectivity index (χ1n) is 9.60. The highest BCUT2D eigenvalue weighted by Crippen LogP contribution is 2.40. The summed E-state index contributed by atoms with van der Waals surface area (Å²) < 4.78 is 24.3. The van der Waals surface area contributed by atoms with Crippen LogP contribution < -0.4 is 4.90 Å². The molecular weight excluding hydrogens is 389 g/mol. The number of nitrogens with zero attached hydrogens (tertiary/aromatic N) is 1. The van der Waals surface area contributed by atoms with Crippen LogP contribution in [-0.2, 0) is 9.47 Å². The first-order valence-corrected chi connectivity index (χ1v) is 10.4. The van der Waals surface area contributed by atoms with Gasteiger partial charge in [0.2, 0.25) is 0 Å². The summed E-state index contributed by atoms with van der Waals surface area (Å²) in [6.07, 6.45) is -0.461. The molecule has 0 spiro atoms. The van der Waals surface area contributed by atoms with E-state index in [1.54, 1.807) is 19.1 Å². The summed E-state index contributed by atoms with van der Waals surface area (Å²) in [6.45, 7) is 4.72. The van der Waals surface area contributed by atoms with E-state index < -0.39 is 6.10 Å². The van der Waals surface area contributed by atoms with Crippen LogP contribution in [-0.4, -0.2) is 32.3 Å². The lowest BCUT2D eigenvalue weighted by molar-refractivity contribution is 0.0344. The smallest absolute Gasteiger partial charge is 0.349 e. The largest absolute Gasteiger partial charge is 0.454 e. The zero-order valence-corrected chi connectivity index (χ0v) is 17.0. The van der Waals surface area contributed by atoms with Gasteiger partial charge in [-0.1, -0.05) is 42.5 Å². The van der Waals surface area contributed by atoms with E-state index in [2.05, 4.69) is 4.90 Å². The number of benzene rings is 2. The summed E-state index contributed by atoms with van der Waals surface area (Å²) in [5.41, 5.74) is 2.85. The maximum atomic E-state index is 13.1. The first-order chi connectivity index (χ1) is 14.1. The number of morpholine rings is 1. The Morgan fingerprint density at radius 2 is 1.79 bits per heavy atom. The Morgan fingerprint density at radius 3 is 2.48 bits per heavy atom. The van der Waals surface area contributed by atoms with Crippen molar-refractivity contribution in [2.75, 3.05) is 31.2 Å². The highest BCUT2D eigenvalue weighted by molar-refractivity contribution is 7.18. The molecule has 0 N–H and O–H groups in total. The number of esters is 1. The van der Waals surface area contributed by atoms with Crippen LogP contribution in [0.25, 0.3) is 11.1 Å². The normalized spacial score (nSPS) is 15.2. The van der Waals surface area contributed by atoms with Crippen LogP contribution >= 0.6 is 11.3 Å². The quantitative estimate of drug-likeness (QED) is 0.534. The van der Waals surface area contributed by atoms with E-state index in [0.29, 0.717) is 18.1 Å². The average molecular weight is 411 g/mol. The second kappa shape index (κ2) is 8.76. The second-order valence-corrected chi connectivity index (χ2v) is 7.92. The molecule has 0 bridgehead atoms. The van der Waals surface area contributed by atoms with Gasteiger partial charge >= 0.3 is 5.97 Å². The van der Waals surface area contributed by atoms with Crippen LogP contribution in [0.5, 0.6) is 0 Å². The summed E-state index contributed by atoms with van der Waals surface area (Å²) >= 11 is 1.44. The van der Waals surface area contributed by atoms with Gasteiger partial charge in [0.25, 0.3) is 0 Å². The third kappa shape index (κ3) is 4.49. The third-order valence-corrected chi connectivity index (χ3v) is 6.10. The maximum absolute atomic E-state index is 13.1. The summed E-state index contributed by atoms with van der Waals surface area (Å²) in [7, 11) is 0. The Morgan fingerprint density at radius 1 is 1.10 bits per heavy atom. The minimum Gasteiger partial charge on any atom is -0.454 e. The predicted molar refractivity (Wildman–Crippen MR) is 113 cm³/mol. The molecule has 0 unspecified atom stereocenters. The average Bonchev–Trinajstić information content (AvgIpc) is 3.21. The van der Waals surface area contributed by atoms with E-state index in [1.165, 1.54) is 23.5 Å². The van der Waals surface area contributed by atoms with Gasteiger partial charge in [-0.3, -0.25) is 0 Å². The van der Waals surface area contributed by atoms with E-state index in [9.17, 15) is 9.18 Å². The number of anilines is 1. The molecule has 0 aliphatic carbocycles. The van der Waals surface area contributed by atoms with E-state index in [-0.39, 0.29) is 11.8 Å². The zero-order chi connectivity index (χ0) is 20.2. The SMILES string of the molecule is C[C@@H](OC(=O)c1cc(-c2ccccc2)c(N2CCOCC2)s1)c1ccc(F)cc1. The molecule has 2 aromatic carbocycles. The van der Waals surface area contributed by atoms with E-state index in [4.69, 9.17) is 9.47 Å². The molecule has 4 nitrogen and oxygen atoms in total. The summed E-state index contributed by atoms with van der Waals surface area (Å²) in [6, 6.07) is 18.0. The van der Waals surface area contributed by atoms with Gasteiger partial charge in [-0.2, -0.15) is 0 Å². The number of carbonyl (C=O) groups excluding carboxylic acids is 1. The van der Waals surface area contributed by atoms with Crippen molar-refractivity contribution in [2.24, 2.45) is 0 Å². The molecule has 0 saturated carbocycles. The zero-order valence-electron chi connectivity index (χ0n) is 16.1. The number of thiophene rings is 1. The lowest BCUT2D eigenvalue weighted by Gasteiger charge is -2.28.